The van der Waals surface area contributed by atoms with E-state index in [9.17, 15) is 0 Å². The molecule has 1 unspecified atom stereocenters. The van der Waals surface area contributed by atoms with Crippen LogP contribution in [0, 0.1) is 0 Å². The summed E-state index contributed by atoms with van der Waals surface area (Å²) in [6.45, 7) is 5.27. The van der Waals surface area contributed by atoms with Crippen LogP contribution in [0.25, 0.3) is 0 Å². The van der Waals surface area contributed by atoms with E-state index in [0.29, 0.717) is 5.96 Å². The molecule has 0 aliphatic carbocycles. The third-order valence-electron chi connectivity index (χ3n) is 3.98. The molecule has 1 aromatic rings. The molecule has 4 heteroatoms. The summed E-state index contributed by atoms with van der Waals surface area (Å²) in [5.74, 6) is 0.653. The zero-order valence-corrected chi connectivity index (χ0v) is 13.3. The lowest BCUT2D eigenvalue weighted by Crippen LogP contribution is -2.51. The minimum Gasteiger partial charge on any atom is -0.369 e. The maximum absolute atomic E-state index is 6.14. The number of hydrogen-bond acceptors (Lipinski definition) is 3. The zero-order chi connectivity index (χ0) is 13.9. The molecule has 0 fully saturated rings. The Morgan fingerprint density at radius 1 is 1.32 bits per heavy atom. The fourth-order valence-electron chi connectivity index (χ4n) is 2.75. The molecular formula is C15H22BrN3. The third-order valence-corrected chi connectivity index (χ3v) is 4.51. The standard InChI is InChI=1S/C15H22BrN3/c1-3-5-10-15(4-2)11-18-14(17)19(15)13-8-6-12(16)7-9-13/h6-9H,3-5,10-11H2,1-2H3,(H2,17,18). The van der Waals surface area contributed by atoms with E-state index in [1.807, 2.05) is 0 Å². The van der Waals surface area contributed by atoms with Gasteiger partial charge in [-0.05, 0) is 37.1 Å². The van der Waals surface area contributed by atoms with Crippen molar-refractivity contribution in [3.05, 3.63) is 28.7 Å². The van der Waals surface area contributed by atoms with Gasteiger partial charge in [-0.15, -0.1) is 0 Å². The summed E-state index contributed by atoms with van der Waals surface area (Å²) in [6, 6.07) is 8.32. The van der Waals surface area contributed by atoms with E-state index in [2.05, 4.69) is 63.9 Å². The van der Waals surface area contributed by atoms with Crippen molar-refractivity contribution in [2.24, 2.45) is 10.7 Å². The van der Waals surface area contributed by atoms with Crippen molar-refractivity contribution >= 4 is 27.6 Å². The number of rotatable bonds is 5. The molecule has 0 spiro atoms. The molecule has 1 aliphatic rings. The lowest BCUT2D eigenvalue weighted by Gasteiger charge is -2.39. The number of aliphatic imine (C=N–C) groups is 1. The van der Waals surface area contributed by atoms with Crippen LogP contribution in [0.4, 0.5) is 5.69 Å². The van der Waals surface area contributed by atoms with Crippen LogP contribution in [0.3, 0.4) is 0 Å². The maximum atomic E-state index is 6.14. The van der Waals surface area contributed by atoms with E-state index >= 15 is 0 Å². The summed E-state index contributed by atoms with van der Waals surface area (Å²) in [7, 11) is 0. The van der Waals surface area contributed by atoms with Crippen molar-refractivity contribution in [2.45, 2.75) is 45.1 Å². The second kappa shape index (κ2) is 5.95. The molecule has 1 atom stereocenters. The lowest BCUT2D eigenvalue weighted by atomic mass is 9.88. The van der Waals surface area contributed by atoms with Crippen LogP contribution in [-0.2, 0) is 0 Å². The second-order valence-corrected chi connectivity index (χ2v) is 6.08. The number of nitrogens with two attached hydrogens (primary N) is 1. The normalized spacial score (nSPS) is 22.7. The minimum atomic E-state index is 0.0634. The predicted octanol–water partition coefficient (Wildman–Crippen LogP) is 3.92. The Hall–Kier alpha value is -1.03. The summed E-state index contributed by atoms with van der Waals surface area (Å²) in [4.78, 5) is 6.73. The molecule has 0 saturated heterocycles. The van der Waals surface area contributed by atoms with Crippen molar-refractivity contribution in [1.82, 2.24) is 0 Å². The molecule has 19 heavy (non-hydrogen) atoms. The Balaban J connectivity index is 2.32. The molecule has 1 aromatic carbocycles. The summed E-state index contributed by atoms with van der Waals surface area (Å²) < 4.78 is 1.08. The summed E-state index contributed by atoms with van der Waals surface area (Å²) in [5.41, 5.74) is 7.34. The quantitative estimate of drug-likeness (QED) is 0.892. The molecule has 0 radical (unpaired) electrons. The SMILES string of the molecule is CCCCC1(CC)CN=C(N)N1c1ccc(Br)cc1. The van der Waals surface area contributed by atoms with Crippen LogP contribution in [0.15, 0.2) is 33.7 Å². The van der Waals surface area contributed by atoms with Crippen LogP contribution < -0.4 is 10.6 Å². The van der Waals surface area contributed by atoms with Crippen molar-refractivity contribution < 1.29 is 0 Å². The Morgan fingerprint density at radius 2 is 2.00 bits per heavy atom. The van der Waals surface area contributed by atoms with Gasteiger partial charge < -0.3 is 10.6 Å². The largest absolute Gasteiger partial charge is 0.369 e. The second-order valence-electron chi connectivity index (χ2n) is 5.17. The summed E-state index contributed by atoms with van der Waals surface area (Å²) in [5, 5.41) is 0. The smallest absolute Gasteiger partial charge is 0.196 e. The number of nitrogens with zero attached hydrogens (tertiary/aromatic N) is 2. The van der Waals surface area contributed by atoms with Gasteiger partial charge in [-0.3, -0.25) is 4.99 Å². The number of unbranched alkanes of at least 4 members (excludes halogenated alkanes) is 1. The Labute approximate surface area is 124 Å². The molecular weight excluding hydrogens is 302 g/mol. The van der Waals surface area contributed by atoms with Gasteiger partial charge in [-0.1, -0.05) is 42.6 Å². The van der Waals surface area contributed by atoms with Crippen LogP contribution in [0.5, 0.6) is 0 Å². The van der Waals surface area contributed by atoms with Gasteiger partial charge in [-0.25, -0.2) is 0 Å². The van der Waals surface area contributed by atoms with Gasteiger partial charge in [-0.2, -0.15) is 0 Å². The van der Waals surface area contributed by atoms with E-state index in [1.54, 1.807) is 0 Å². The van der Waals surface area contributed by atoms with Gasteiger partial charge in [0.25, 0.3) is 0 Å². The Kier molecular flexibility index (Phi) is 4.50. The Bertz CT molecular complexity index is 455. The highest BCUT2D eigenvalue weighted by Crippen LogP contribution is 2.35. The fourth-order valence-corrected chi connectivity index (χ4v) is 3.02. The van der Waals surface area contributed by atoms with Crippen molar-refractivity contribution in [3.63, 3.8) is 0 Å². The van der Waals surface area contributed by atoms with Crippen LogP contribution in [0.2, 0.25) is 0 Å². The van der Waals surface area contributed by atoms with E-state index < -0.39 is 0 Å². The first-order chi connectivity index (χ1) is 9.13. The first kappa shape index (κ1) is 14.4. The molecule has 0 aromatic heterocycles. The van der Waals surface area contributed by atoms with E-state index in [0.717, 1.165) is 29.5 Å². The Morgan fingerprint density at radius 3 is 2.58 bits per heavy atom. The van der Waals surface area contributed by atoms with Crippen molar-refractivity contribution in [2.75, 3.05) is 11.4 Å². The number of benzene rings is 1. The first-order valence-corrected chi connectivity index (χ1v) is 7.78. The zero-order valence-electron chi connectivity index (χ0n) is 11.7. The molecule has 104 valence electrons. The lowest BCUT2D eigenvalue weighted by molar-refractivity contribution is 0.394. The molecule has 0 saturated carbocycles. The maximum Gasteiger partial charge on any atom is 0.196 e. The van der Waals surface area contributed by atoms with Crippen molar-refractivity contribution in [3.8, 4) is 0 Å². The van der Waals surface area contributed by atoms with Gasteiger partial charge in [0.2, 0.25) is 0 Å². The van der Waals surface area contributed by atoms with Gasteiger partial charge >= 0.3 is 0 Å². The highest BCUT2D eigenvalue weighted by molar-refractivity contribution is 9.10. The molecule has 1 heterocycles. The van der Waals surface area contributed by atoms with Gasteiger partial charge in [0.1, 0.15) is 0 Å². The molecule has 0 bridgehead atoms. The number of halogens is 1. The van der Waals surface area contributed by atoms with Crippen LogP contribution in [-0.4, -0.2) is 18.0 Å². The third kappa shape index (κ3) is 2.78. The average Bonchev–Trinajstić information content (AvgIpc) is 2.75. The monoisotopic (exact) mass is 323 g/mol. The van der Waals surface area contributed by atoms with Gasteiger partial charge in [0.05, 0.1) is 12.1 Å². The molecule has 2 rings (SSSR count). The van der Waals surface area contributed by atoms with E-state index in [-0.39, 0.29) is 5.54 Å². The number of guanidine groups is 1. The molecule has 1 aliphatic heterocycles. The van der Waals surface area contributed by atoms with Crippen LogP contribution >= 0.6 is 15.9 Å². The van der Waals surface area contributed by atoms with E-state index in [4.69, 9.17) is 5.73 Å². The first-order valence-electron chi connectivity index (χ1n) is 6.98. The van der Waals surface area contributed by atoms with Gasteiger partial charge in [0.15, 0.2) is 5.96 Å². The molecule has 3 nitrogen and oxygen atoms in total. The number of hydrogen-bond donors (Lipinski definition) is 1. The minimum absolute atomic E-state index is 0.0634. The molecule has 0 amide bonds. The summed E-state index contributed by atoms with van der Waals surface area (Å²) in [6.07, 6.45) is 4.62. The fraction of sp³-hybridized carbons (Fsp3) is 0.533. The van der Waals surface area contributed by atoms with Crippen molar-refractivity contribution in [1.29, 1.82) is 0 Å². The predicted molar refractivity (Wildman–Crippen MR) is 85.7 cm³/mol. The number of anilines is 1. The molecule has 2 N–H and O–H groups in total. The van der Waals surface area contributed by atoms with Crippen LogP contribution in [0.1, 0.15) is 39.5 Å². The average molecular weight is 324 g/mol. The topological polar surface area (TPSA) is 41.6 Å². The summed E-state index contributed by atoms with van der Waals surface area (Å²) >= 11 is 3.48. The van der Waals surface area contributed by atoms with E-state index in [1.165, 1.54) is 12.8 Å². The van der Waals surface area contributed by atoms with Gasteiger partial charge in [0, 0.05) is 10.2 Å². The highest BCUT2D eigenvalue weighted by Gasteiger charge is 2.40. The highest BCUT2D eigenvalue weighted by atomic mass is 79.9.